The maximum Gasteiger partial charge on any atom is 0.258 e. The lowest BCUT2D eigenvalue weighted by molar-refractivity contribution is -0.0494. The van der Waals surface area contributed by atoms with Gasteiger partial charge in [-0.2, -0.15) is 0 Å². The van der Waals surface area contributed by atoms with Gasteiger partial charge in [0.2, 0.25) is 0 Å². The molecule has 0 saturated carbocycles. The third-order valence-corrected chi connectivity index (χ3v) is 6.72. The first-order chi connectivity index (χ1) is 15.6. The number of aryl methyl sites for hydroxylation is 2. The van der Waals surface area contributed by atoms with Crippen molar-refractivity contribution in [2.45, 2.75) is 51.5 Å². The van der Waals surface area contributed by atoms with Crippen LogP contribution in [0.2, 0.25) is 0 Å². The van der Waals surface area contributed by atoms with Crippen LogP contribution in [0.3, 0.4) is 0 Å². The summed E-state index contributed by atoms with van der Waals surface area (Å²) in [5, 5.41) is 20.0. The van der Waals surface area contributed by atoms with Gasteiger partial charge in [0.05, 0.1) is 11.6 Å². The highest BCUT2D eigenvalue weighted by atomic mass is 19.3. The van der Waals surface area contributed by atoms with E-state index >= 15 is 0 Å². The van der Waals surface area contributed by atoms with Gasteiger partial charge in [0.15, 0.2) is 0 Å². The van der Waals surface area contributed by atoms with E-state index in [0.717, 1.165) is 24.0 Å². The van der Waals surface area contributed by atoms with Crippen molar-refractivity contribution in [1.29, 1.82) is 0 Å². The van der Waals surface area contributed by atoms with Crippen molar-refractivity contribution in [1.82, 2.24) is 9.80 Å². The highest BCUT2D eigenvalue weighted by Crippen LogP contribution is 2.37. The third-order valence-electron chi connectivity index (χ3n) is 6.72. The quantitative estimate of drug-likeness (QED) is 0.707. The molecule has 6 nitrogen and oxygen atoms in total. The van der Waals surface area contributed by atoms with Crippen LogP contribution in [0.4, 0.5) is 8.78 Å². The monoisotopic (exact) mass is 458 g/mol. The van der Waals surface area contributed by atoms with Crippen LogP contribution in [0.25, 0.3) is 0 Å². The SMILES string of the molecule is Cc1cc(C(=O)N2CCC[C@@H]2c2ccc(C(=O)N3CCC(F)(F)CC3)cc2C)c(O)cc1O. The molecule has 0 aromatic heterocycles. The number of nitrogens with zero attached hydrogens (tertiary/aromatic N) is 2. The lowest BCUT2D eigenvalue weighted by Gasteiger charge is -2.32. The molecule has 0 aliphatic carbocycles. The van der Waals surface area contributed by atoms with Crippen molar-refractivity contribution in [2.75, 3.05) is 19.6 Å². The topological polar surface area (TPSA) is 81.1 Å². The molecule has 1 atom stereocenters. The molecule has 0 unspecified atom stereocenters. The molecule has 2 aromatic rings. The number of hydrogen-bond donors (Lipinski definition) is 2. The van der Waals surface area contributed by atoms with Crippen LogP contribution in [0.1, 0.15) is 69.1 Å². The van der Waals surface area contributed by atoms with Crippen molar-refractivity contribution in [3.63, 3.8) is 0 Å². The van der Waals surface area contributed by atoms with Crippen LogP contribution in [0.15, 0.2) is 30.3 Å². The van der Waals surface area contributed by atoms with Gasteiger partial charge in [-0.05, 0) is 61.6 Å². The Hall–Kier alpha value is -3.16. The summed E-state index contributed by atoms with van der Waals surface area (Å²) in [6, 6.07) is 7.74. The second-order valence-corrected chi connectivity index (χ2v) is 9.03. The van der Waals surface area contributed by atoms with Gasteiger partial charge in [0, 0.05) is 44.1 Å². The Morgan fingerprint density at radius 1 is 0.939 bits per heavy atom. The number of likely N-dealkylation sites (tertiary alicyclic amines) is 2. The molecule has 2 aliphatic rings. The van der Waals surface area contributed by atoms with Crippen LogP contribution >= 0.6 is 0 Å². The zero-order valence-electron chi connectivity index (χ0n) is 18.8. The fourth-order valence-electron chi connectivity index (χ4n) is 4.75. The summed E-state index contributed by atoms with van der Waals surface area (Å²) in [6.07, 6.45) is 0.909. The molecule has 2 saturated heterocycles. The number of amides is 2. The van der Waals surface area contributed by atoms with Crippen LogP contribution < -0.4 is 0 Å². The van der Waals surface area contributed by atoms with Gasteiger partial charge >= 0.3 is 0 Å². The Morgan fingerprint density at radius 3 is 2.30 bits per heavy atom. The van der Waals surface area contributed by atoms with E-state index in [4.69, 9.17) is 0 Å². The molecule has 8 heteroatoms. The molecule has 0 bridgehead atoms. The Labute approximate surface area is 191 Å². The first kappa shape index (κ1) is 23.0. The number of benzene rings is 2. The highest BCUT2D eigenvalue weighted by molar-refractivity contribution is 5.98. The molecule has 176 valence electrons. The minimum Gasteiger partial charge on any atom is -0.508 e. The number of phenolic OH excluding ortho intramolecular Hbond substituents is 2. The molecule has 2 heterocycles. The molecule has 2 amide bonds. The maximum absolute atomic E-state index is 13.4. The van der Waals surface area contributed by atoms with E-state index in [-0.39, 0.29) is 60.8 Å². The predicted octanol–water partition coefficient (Wildman–Crippen LogP) is 4.56. The van der Waals surface area contributed by atoms with Crippen molar-refractivity contribution in [3.05, 3.63) is 58.1 Å². The Morgan fingerprint density at radius 2 is 1.64 bits per heavy atom. The average Bonchev–Trinajstić information content (AvgIpc) is 3.25. The summed E-state index contributed by atoms with van der Waals surface area (Å²) in [4.78, 5) is 29.2. The van der Waals surface area contributed by atoms with Gasteiger partial charge in [-0.3, -0.25) is 9.59 Å². The van der Waals surface area contributed by atoms with Crippen molar-refractivity contribution in [2.24, 2.45) is 0 Å². The largest absolute Gasteiger partial charge is 0.508 e. The Bertz CT molecular complexity index is 1090. The molecular formula is C25H28F2N2O4. The van der Waals surface area contributed by atoms with Crippen LogP contribution in [-0.4, -0.2) is 57.4 Å². The van der Waals surface area contributed by atoms with Gasteiger partial charge in [-0.1, -0.05) is 6.07 Å². The number of aromatic hydroxyl groups is 2. The minimum atomic E-state index is -2.71. The van der Waals surface area contributed by atoms with Gasteiger partial charge in [-0.25, -0.2) is 8.78 Å². The first-order valence-corrected chi connectivity index (χ1v) is 11.2. The second kappa shape index (κ2) is 8.65. The highest BCUT2D eigenvalue weighted by Gasteiger charge is 2.36. The number of rotatable bonds is 3. The summed E-state index contributed by atoms with van der Waals surface area (Å²) in [7, 11) is 0. The van der Waals surface area contributed by atoms with Gasteiger partial charge in [0.25, 0.3) is 17.7 Å². The number of hydrogen-bond acceptors (Lipinski definition) is 4. The molecule has 2 fully saturated rings. The summed E-state index contributed by atoms with van der Waals surface area (Å²) < 4.78 is 26.9. The zero-order chi connectivity index (χ0) is 23.9. The second-order valence-electron chi connectivity index (χ2n) is 9.03. The Balaban J connectivity index is 1.54. The van der Waals surface area contributed by atoms with Crippen LogP contribution in [0.5, 0.6) is 11.5 Å². The molecule has 2 aliphatic heterocycles. The van der Waals surface area contributed by atoms with Crippen LogP contribution in [0, 0.1) is 13.8 Å². The van der Waals surface area contributed by atoms with E-state index in [2.05, 4.69) is 0 Å². The number of halogens is 2. The molecule has 2 aromatic carbocycles. The van der Waals surface area contributed by atoms with E-state index in [1.165, 1.54) is 17.0 Å². The minimum absolute atomic E-state index is 0.0348. The van der Waals surface area contributed by atoms with E-state index in [1.807, 2.05) is 13.0 Å². The number of phenols is 2. The van der Waals surface area contributed by atoms with Crippen LogP contribution in [-0.2, 0) is 0 Å². The molecule has 4 rings (SSSR count). The summed E-state index contributed by atoms with van der Waals surface area (Å²) in [5.74, 6) is -3.62. The van der Waals surface area contributed by atoms with Gasteiger partial charge in [-0.15, -0.1) is 0 Å². The number of carbonyl (C=O) groups excluding carboxylic acids is 2. The zero-order valence-corrected chi connectivity index (χ0v) is 18.8. The van der Waals surface area contributed by atoms with E-state index in [1.54, 1.807) is 24.0 Å². The lowest BCUT2D eigenvalue weighted by Crippen LogP contribution is -2.42. The van der Waals surface area contributed by atoms with E-state index < -0.39 is 5.92 Å². The van der Waals surface area contributed by atoms with Crippen molar-refractivity contribution in [3.8, 4) is 11.5 Å². The number of alkyl halides is 2. The maximum atomic E-state index is 13.4. The normalized spacial score (nSPS) is 20.2. The standard InChI is InChI=1S/C25H28F2N2O4/c1-15-12-17(23(32)28-10-7-25(26,27)8-11-28)5-6-18(15)20-4-3-9-29(20)24(33)19-13-16(2)21(30)14-22(19)31/h5-6,12-14,20,30-31H,3-4,7-11H2,1-2H3/t20-/m1/s1. The number of piperidine rings is 1. The third kappa shape index (κ3) is 4.51. The first-order valence-electron chi connectivity index (χ1n) is 11.2. The smallest absolute Gasteiger partial charge is 0.258 e. The fourth-order valence-corrected chi connectivity index (χ4v) is 4.75. The summed E-state index contributed by atoms with van der Waals surface area (Å²) in [6.45, 7) is 4.14. The molecular weight excluding hydrogens is 430 g/mol. The lowest BCUT2D eigenvalue weighted by atomic mass is 9.96. The fraction of sp³-hybridized carbons (Fsp3) is 0.440. The van der Waals surface area contributed by atoms with E-state index in [0.29, 0.717) is 17.7 Å². The molecule has 2 N–H and O–H groups in total. The van der Waals surface area contributed by atoms with Crippen molar-refractivity contribution >= 4 is 11.8 Å². The number of carbonyl (C=O) groups is 2. The Kier molecular flexibility index (Phi) is 6.03. The van der Waals surface area contributed by atoms with Gasteiger partial charge < -0.3 is 20.0 Å². The van der Waals surface area contributed by atoms with Gasteiger partial charge in [0.1, 0.15) is 11.5 Å². The van der Waals surface area contributed by atoms with Crippen molar-refractivity contribution < 1.29 is 28.6 Å². The molecule has 33 heavy (non-hydrogen) atoms. The molecule has 0 spiro atoms. The molecule has 0 radical (unpaired) electrons. The summed E-state index contributed by atoms with van der Waals surface area (Å²) >= 11 is 0. The van der Waals surface area contributed by atoms with E-state index in [9.17, 15) is 28.6 Å². The average molecular weight is 459 g/mol. The summed E-state index contributed by atoms with van der Waals surface area (Å²) in [5.41, 5.74) is 2.85. The predicted molar refractivity (Wildman–Crippen MR) is 119 cm³/mol.